The van der Waals surface area contributed by atoms with Gasteiger partial charge < -0.3 is 10.2 Å². The minimum absolute atomic E-state index is 0.0648. The second-order valence-corrected chi connectivity index (χ2v) is 5.39. The van der Waals surface area contributed by atoms with Gasteiger partial charge >= 0.3 is 6.03 Å². The topological polar surface area (TPSA) is 35.6 Å². The molecule has 1 aliphatic rings. The first kappa shape index (κ1) is 14.3. The zero-order valence-electron chi connectivity index (χ0n) is 11.9. The lowest BCUT2D eigenvalue weighted by Gasteiger charge is -2.26. The molecule has 1 heterocycles. The van der Waals surface area contributed by atoms with Gasteiger partial charge in [-0.3, -0.25) is 4.90 Å². The van der Waals surface area contributed by atoms with Crippen molar-refractivity contribution >= 4 is 6.03 Å². The summed E-state index contributed by atoms with van der Waals surface area (Å²) in [6.07, 6.45) is 2.06. The number of hydrogen-bond donors (Lipinski definition) is 1. The summed E-state index contributed by atoms with van der Waals surface area (Å²) < 4.78 is 0. The Bertz CT molecular complexity index is 255. The third-order valence-electron chi connectivity index (χ3n) is 3.85. The fourth-order valence-electron chi connectivity index (χ4n) is 2.12. The Morgan fingerprint density at radius 3 is 2.59 bits per heavy atom. The van der Waals surface area contributed by atoms with Crippen LogP contribution in [0, 0.1) is 0 Å². The summed E-state index contributed by atoms with van der Waals surface area (Å²) in [6.45, 7) is 10.7. The molecule has 0 aromatic rings. The minimum atomic E-state index is 0.0648. The third-order valence-corrected chi connectivity index (χ3v) is 3.85. The number of amides is 2. The first-order valence-electron chi connectivity index (χ1n) is 6.73. The maximum absolute atomic E-state index is 12.0. The van der Waals surface area contributed by atoms with Crippen LogP contribution in [-0.2, 0) is 0 Å². The lowest BCUT2D eigenvalue weighted by molar-refractivity contribution is 0.187. The lowest BCUT2D eigenvalue weighted by Crippen LogP contribution is -2.47. The predicted molar refractivity (Wildman–Crippen MR) is 71.2 cm³/mol. The molecule has 0 aromatic heterocycles. The highest BCUT2D eigenvalue weighted by Crippen LogP contribution is 2.13. The monoisotopic (exact) mass is 241 g/mol. The van der Waals surface area contributed by atoms with Crippen molar-refractivity contribution in [3.8, 4) is 0 Å². The van der Waals surface area contributed by atoms with E-state index in [0.29, 0.717) is 18.1 Å². The molecule has 0 spiro atoms. The Morgan fingerprint density at radius 2 is 2.12 bits per heavy atom. The lowest BCUT2D eigenvalue weighted by atomic mass is 10.2. The number of rotatable bonds is 4. The predicted octanol–water partition coefficient (Wildman–Crippen LogP) is 1.91. The van der Waals surface area contributed by atoms with Gasteiger partial charge in [0.25, 0.3) is 0 Å². The van der Waals surface area contributed by atoms with E-state index in [2.05, 4.69) is 37.9 Å². The second kappa shape index (κ2) is 6.24. The standard InChI is InChI=1S/C13H27N3O/c1-6-11(4)15(5)13(17)14-12-7-8-16(9-12)10(2)3/h10-12H,6-9H2,1-5H3,(H,14,17). The number of likely N-dealkylation sites (tertiary alicyclic amines) is 1. The first-order chi connectivity index (χ1) is 7.95. The van der Waals surface area contributed by atoms with E-state index >= 15 is 0 Å². The van der Waals surface area contributed by atoms with Gasteiger partial charge in [-0.2, -0.15) is 0 Å². The zero-order chi connectivity index (χ0) is 13.0. The van der Waals surface area contributed by atoms with E-state index in [4.69, 9.17) is 0 Å². The molecular weight excluding hydrogens is 214 g/mol. The van der Waals surface area contributed by atoms with E-state index in [0.717, 1.165) is 25.9 Å². The Hall–Kier alpha value is -0.770. The molecule has 1 saturated heterocycles. The quantitative estimate of drug-likeness (QED) is 0.816. The molecule has 17 heavy (non-hydrogen) atoms. The summed E-state index contributed by atoms with van der Waals surface area (Å²) in [4.78, 5) is 16.2. The molecule has 2 atom stereocenters. The van der Waals surface area contributed by atoms with Crippen molar-refractivity contribution in [2.75, 3.05) is 20.1 Å². The second-order valence-electron chi connectivity index (χ2n) is 5.39. The molecular formula is C13H27N3O. The Morgan fingerprint density at radius 1 is 1.47 bits per heavy atom. The van der Waals surface area contributed by atoms with Gasteiger partial charge in [-0.25, -0.2) is 4.79 Å². The average molecular weight is 241 g/mol. The Labute approximate surface area is 105 Å². The van der Waals surface area contributed by atoms with Gasteiger partial charge in [-0.15, -0.1) is 0 Å². The number of nitrogens with one attached hydrogen (secondary N) is 1. The van der Waals surface area contributed by atoms with Gasteiger partial charge in [-0.1, -0.05) is 6.92 Å². The van der Waals surface area contributed by atoms with Crippen molar-refractivity contribution in [1.29, 1.82) is 0 Å². The molecule has 0 saturated carbocycles. The summed E-state index contributed by atoms with van der Waals surface area (Å²) >= 11 is 0. The highest BCUT2D eigenvalue weighted by molar-refractivity contribution is 5.74. The van der Waals surface area contributed by atoms with Crippen LogP contribution in [0.4, 0.5) is 4.79 Å². The van der Waals surface area contributed by atoms with E-state index in [1.807, 2.05) is 7.05 Å². The maximum atomic E-state index is 12.0. The largest absolute Gasteiger partial charge is 0.334 e. The van der Waals surface area contributed by atoms with Gasteiger partial charge in [0.05, 0.1) is 0 Å². The van der Waals surface area contributed by atoms with Crippen molar-refractivity contribution in [3.63, 3.8) is 0 Å². The molecule has 0 aromatic carbocycles. The SMILES string of the molecule is CCC(C)N(C)C(=O)NC1CCN(C(C)C)C1. The highest BCUT2D eigenvalue weighted by Gasteiger charge is 2.26. The molecule has 1 N–H and O–H groups in total. The summed E-state index contributed by atoms with van der Waals surface area (Å²) in [6, 6.07) is 1.26. The minimum Gasteiger partial charge on any atom is -0.334 e. The summed E-state index contributed by atoms with van der Waals surface area (Å²) in [5, 5.41) is 3.12. The Kier molecular flexibility index (Phi) is 5.25. The van der Waals surface area contributed by atoms with E-state index in [-0.39, 0.29) is 6.03 Å². The molecule has 0 bridgehead atoms. The van der Waals surface area contributed by atoms with E-state index in [9.17, 15) is 4.79 Å². The van der Waals surface area contributed by atoms with Crippen LogP contribution in [0.1, 0.15) is 40.5 Å². The maximum Gasteiger partial charge on any atom is 0.317 e. The fourth-order valence-corrected chi connectivity index (χ4v) is 2.12. The van der Waals surface area contributed by atoms with Crippen molar-refractivity contribution in [2.45, 2.75) is 58.7 Å². The van der Waals surface area contributed by atoms with E-state index < -0.39 is 0 Å². The van der Waals surface area contributed by atoms with Crippen molar-refractivity contribution in [3.05, 3.63) is 0 Å². The van der Waals surface area contributed by atoms with Gasteiger partial charge in [0.15, 0.2) is 0 Å². The van der Waals surface area contributed by atoms with Crippen LogP contribution < -0.4 is 5.32 Å². The van der Waals surface area contributed by atoms with Gasteiger partial charge in [0.2, 0.25) is 0 Å². The van der Waals surface area contributed by atoms with Crippen LogP contribution in [-0.4, -0.2) is 54.1 Å². The molecule has 100 valence electrons. The molecule has 1 aliphatic heterocycles. The summed E-state index contributed by atoms with van der Waals surface area (Å²) in [5.74, 6) is 0. The molecule has 0 aliphatic carbocycles. The number of carbonyl (C=O) groups is 1. The number of carbonyl (C=O) groups excluding carboxylic acids is 1. The third kappa shape index (κ3) is 3.87. The zero-order valence-corrected chi connectivity index (χ0v) is 11.9. The van der Waals surface area contributed by atoms with Gasteiger partial charge in [0, 0.05) is 38.3 Å². The Balaban J connectivity index is 2.38. The molecule has 2 amide bonds. The van der Waals surface area contributed by atoms with Crippen LogP contribution in [0.3, 0.4) is 0 Å². The van der Waals surface area contributed by atoms with Crippen LogP contribution in [0.15, 0.2) is 0 Å². The van der Waals surface area contributed by atoms with Crippen LogP contribution >= 0.6 is 0 Å². The van der Waals surface area contributed by atoms with Gasteiger partial charge in [-0.05, 0) is 33.6 Å². The normalized spacial score (nSPS) is 22.8. The van der Waals surface area contributed by atoms with Crippen LogP contribution in [0.5, 0.6) is 0 Å². The molecule has 4 nitrogen and oxygen atoms in total. The van der Waals surface area contributed by atoms with Crippen molar-refractivity contribution in [1.82, 2.24) is 15.1 Å². The number of nitrogens with zero attached hydrogens (tertiary/aromatic N) is 2. The molecule has 2 unspecified atom stereocenters. The number of urea groups is 1. The van der Waals surface area contributed by atoms with E-state index in [1.165, 1.54) is 0 Å². The van der Waals surface area contributed by atoms with Crippen LogP contribution in [0.25, 0.3) is 0 Å². The number of hydrogen-bond acceptors (Lipinski definition) is 2. The average Bonchev–Trinajstić information content (AvgIpc) is 2.75. The molecule has 0 radical (unpaired) electrons. The van der Waals surface area contributed by atoms with Crippen LogP contribution in [0.2, 0.25) is 0 Å². The smallest absolute Gasteiger partial charge is 0.317 e. The van der Waals surface area contributed by atoms with Gasteiger partial charge in [0.1, 0.15) is 0 Å². The summed E-state index contributed by atoms with van der Waals surface area (Å²) in [5.41, 5.74) is 0. The molecule has 4 heteroatoms. The fraction of sp³-hybridized carbons (Fsp3) is 0.923. The summed E-state index contributed by atoms with van der Waals surface area (Å²) in [7, 11) is 1.87. The van der Waals surface area contributed by atoms with E-state index in [1.54, 1.807) is 4.90 Å². The molecule has 1 fully saturated rings. The molecule has 1 rings (SSSR count). The van der Waals surface area contributed by atoms with Crippen molar-refractivity contribution in [2.24, 2.45) is 0 Å². The highest BCUT2D eigenvalue weighted by atomic mass is 16.2. The first-order valence-corrected chi connectivity index (χ1v) is 6.73. The van der Waals surface area contributed by atoms with Crippen molar-refractivity contribution < 1.29 is 4.79 Å².